The molecule has 1 unspecified atom stereocenters. The van der Waals surface area contributed by atoms with Crippen molar-refractivity contribution in [2.75, 3.05) is 25.1 Å². The van der Waals surface area contributed by atoms with Gasteiger partial charge in [-0.3, -0.25) is 9.48 Å². The van der Waals surface area contributed by atoms with Crippen LogP contribution in [0.3, 0.4) is 0 Å². The molecule has 4 rings (SSSR count). The molecular weight excluding hydrogens is 447 g/mol. The second-order valence-electron chi connectivity index (χ2n) is 9.29. The molecule has 7 nitrogen and oxygen atoms in total. The standard InChI is InChI=1S/C24H30F3N5O2/c1-14(2)12-29-21(24(25,26)27)16-4-6-17(7-5-16)30-22-20-18(8-10-28-23(20)33)32(31-22)19-13-34-11-9-15(19)3/h4-8,10,14-15,19,21,29H,9,11-13H2,1-3H3,(H,28,33)(H,30,31)/t15-,19-,21?/m0/s1. The topological polar surface area (TPSA) is 84.0 Å². The van der Waals surface area contributed by atoms with E-state index in [-0.39, 0.29) is 29.6 Å². The molecule has 0 aliphatic carbocycles. The Hall–Kier alpha value is -2.85. The summed E-state index contributed by atoms with van der Waals surface area (Å²) in [6.45, 7) is 7.29. The zero-order valence-electron chi connectivity index (χ0n) is 19.4. The predicted molar refractivity (Wildman–Crippen MR) is 125 cm³/mol. The van der Waals surface area contributed by atoms with E-state index in [1.54, 1.807) is 24.4 Å². The zero-order chi connectivity index (χ0) is 24.5. The molecule has 1 saturated heterocycles. The highest BCUT2D eigenvalue weighted by atomic mass is 19.4. The van der Waals surface area contributed by atoms with Gasteiger partial charge in [-0.25, -0.2) is 0 Å². The Balaban J connectivity index is 1.63. The van der Waals surface area contributed by atoms with E-state index in [0.717, 1.165) is 6.42 Å². The van der Waals surface area contributed by atoms with Gasteiger partial charge < -0.3 is 20.4 Å². The Bertz CT molecular complexity index is 1170. The van der Waals surface area contributed by atoms with Crippen LogP contribution >= 0.6 is 0 Å². The minimum Gasteiger partial charge on any atom is -0.379 e. The average Bonchev–Trinajstić information content (AvgIpc) is 3.13. The number of nitrogens with one attached hydrogen (secondary N) is 3. The summed E-state index contributed by atoms with van der Waals surface area (Å²) in [7, 11) is 0. The van der Waals surface area contributed by atoms with Gasteiger partial charge in [0.1, 0.15) is 11.4 Å². The molecule has 1 aromatic carbocycles. The van der Waals surface area contributed by atoms with Crippen LogP contribution in [0.15, 0.2) is 41.3 Å². The third kappa shape index (κ3) is 5.12. The van der Waals surface area contributed by atoms with E-state index in [1.165, 1.54) is 12.1 Å². The van der Waals surface area contributed by atoms with Crippen molar-refractivity contribution in [3.8, 4) is 0 Å². The molecule has 3 N–H and O–H groups in total. The molecule has 0 radical (unpaired) electrons. The molecule has 1 aliphatic heterocycles. The summed E-state index contributed by atoms with van der Waals surface area (Å²) in [5, 5.41) is 10.8. The summed E-state index contributed by atoms with van der Waals surface area (Å²) < 4.78 is 48.2. The van der Waals surface area contributed by atoms with E-state index >= 15 is 0 Å². The van der Waals surface area contributed by atoms with Gasteiger partial charge in [-0.05, 0) is 48.6 Å². The Kier molecular flexibility index (Phi) is 6.99. The fraction of sp³-hybridized carbons (Fsp3) is 0.500. The number of benzene rings is 1. The molecule has 10 heteroatoms. The molecule has 3 aromatic rings. The van der Waals surface area contributed by atoms with Crippen molar-refractivity contribution in [2.45, 2.75) is 45.5 Å². The lowest BCUT2D eigenvalue weighted by molar-refractivity contribution is -0.158. The highest BCUT2D eigenvalue weighted by molar-refractivity contribution is 5.91. The molecule has 2 aromatic heterocycles. The third-order valence-electron chi connectivity index (χ3n) is 6.17. The lowest BCUT2D eigenvalue weighted by atomic mass is 9.97. The number of ether oxygens (including phenoxy) is 1. The maximum absolute atomic E-state index is 13.6. The van der Waals surface area contributed by atoms with Gasteiger partial charge in [0.15, 0.2) is 5.82 Å². The van der Waals surface area contributed by atoms with Gasteiger partial charge in [0.05, 0.1) is 18.2 Å². The molecule has 0 saturated carbocycles. The Morgan fingerprint density at radius 2 is 1.97 bits per heavy atom. The van der Waals surface area contributed by atoms with Crippen LogP contribution in [-0.2, 0) is 4.74 Å². The number of alkyl halides is 3. The molecule has 3 heterocycles. The molecule has 0 bridgehead atoms. The van der Waals surface area contributed by atoms with Crippen LogP contribution in [0.1, 0.15) is 44.8 Å². The third-order valence-corrected chi connectivity index (χ3v) is 6.17. The number of aromatic nitrogens is 3. The summed E-state index contributed by atoms with van der Waals surface area (Å²) in [6.07, 6.45) is -1.94. The van der Waals surface area contributed by atoms with E-state index in [4.69, 9.17) is 4.74 Å². The lowest BCUT2D eigenvalue weighted by Crippen LogP contribution is -2.36. The molecule has 1 aliphatic rings. The highest BCUT2D eigenvalue weighted by Gasteiger charge is 2.40. The molecule has 1 fully saturated rings. The number of pyridine rings is 1. The van der Waals surface area contributed by atoms with E-state index < -0.39 is 12.2 Å². The maximum Gasteiger partial charge on any atom is 0.407 e. The van der Waals surface area contributed by atoms with Crippen LogP contribution in [0.4, 0.5) is 24.7 Å². The largest absolute Gasteiger partial charge is 0.407 e. The van der Waals surface area contributed by atoms with Gasteiger partial charge in [-0.15, -0.1) is 0 Å². The summed E-state index contributed by atoms with van der Waals surface area (Å²) in [4.78, 5) is 15.3. The van der Waals surface area contributed by atoms with Gasteiger partial charge >= 0.3 is 6.18 Å². The number of fused-ring (bicyclic) bond motifs is 1. The molecule has 184 valence electrons. The Morgan fingerprint density at radius 3 is 2.62 bits per heavy atom. The molecule has 34 heavy (non-hydrogen) atoms. The predicted octanol–water partition coefficient (Wildman–Crippen LogP) is 4.91. The quantitative estimate of drug-likeness (QED) is 0.450. The van der Waals surface area contributed by atoms with Gasteiger partial charge in [0.2, 0.25) is 0 Å². The van der Waals surface area contributed by atoms with Crippen LogP contribution in [0, 0.1) is 11.8 Å². The van der Waals surface area contributed by atoms with Crippen molar-refractivity contribution in [3.05, 3.63) is 52.4 Å². The zero-order valence-corrected chi connectivity index (χ0v) is 19.4. The van der Waals surface area contributed by atoms with Gasteiger partial charge in [0, 0.05) is 18.5 Å². The minimum atomic E-state index is -4.41. The lowest BCUT2D eigenvalue weighted by Gasteiger charge is -2.29. The van der Waals surface area contributed by atoms with Crippen molar-refractivity contribution in [1.82, 2.24) is 20.1 Å². The van der Waals surface area contributed by atoms with E-state index in [1.807, 2.05) is 18.5 Å². The normalized spacial score (nSPS) is 20.1. The van der Waals surface area contributed by atoms with E-state index in [0.29, 0.717) is 41.5 Å². The Labute approximate surface area is 195 Å². The number of H-pyrrole nitrogens is 1. The Morgan fingerprint density at radius 1 is 1.24 bits per heavy atom. The fourth-order valence-electron chi connectivity index (χ4n) is 4.25. The minimum absolute atomic E-state index is 0.0180. The number of halogens is 3. The number of rotatable bonds is 7. The van der Waals surface area contributed by atoms with Crippen molar-refractivity contribution < 1.29 is 17.9 Å². The van der Waals surface area contributed by atoms with Crippen LogP contribution < -0.4 is 16.2 Å². The molecule has 0 spiro atoms. The summed E-state index contributed by atoms with van der Waals surface area (Å²) in [5.41, 5.74) is 1.05. The van der Waals surface area contributed by atoms with Crippen molar-refractivity contribution in [2.24, 2.45) is 11.8 Å². The van der Waals surface area contributed by atoms with Crippen molar-refractivity contribution in [1.29, 1.82) is 0 Å². The first kappa shape index (κ1) is 24.3. The van der Waals surface area contributed by atoms with Crippen molar-refractivity contribution >= 4 is 22.4 Å². The van der Waals surface area contributed by atoms with Gasteiger partial charge in [-0.2, -0.15) is 18.3 Å². The van der Waals surface area contributed by atoms with Crippen LogP contribution in [0.25, 0.3) is 10.9 Å². The maximum atomic E-state index is 13.6. The first-order valence-electron chi connectivity index (χ1n) is 11.5. The van der Waals surface area contributed by atoms with Gasteiger partial charge in [0.25, 0.3) is 5.56 Å². The number of anilines is 2. The highest BCUT2D eigenvalue weighted by Crippen LogP contribution is 2.35. The molecule has 3 atom stereocenters. The second-order valence-corrected chi connectivity index (χ2v) is 9.29. The van der Waals surface area contributed by atoms with E-state index in [2.05, 4.69) is 27.6 Å². The summed E-state index contributed by atoms with van der Waals surface area (Å²) in [6, 6.07) is 6.05. The number of aromatic amines is 1. The van der Waals surface area contributed by atoms with Crippen LogP contribution in [0.5, 0.6) is 0 Å². The first-order chi connectivity index (χ1) is 16.1. The average molecular weight is 478 g/mol. The van der Waals surface area contributed by atoms with E-state index in [9.17, 15) is 18.0 Å². The number of hydrogen-bond acceptors (Lipinski definition) is 5. The SMILES string of the molecule is CC(C)CNC(c1ccc(Nc2nn([C@H]3COCC[C@@H]3C)c3cc[nH]c(=O)c23)cc1)C(F)(F)F. The first-order valence-corrected chi connectivity index (χ1v) is 11.5. The van der Waals surface area contributed by atoms with Crippen LogP contribution in [0.2, 0.25) is 0 Å². The summed E-state index contributed by atoms with van der Waals surface area (Å²) in [5.74, 6) is 0.762. The molecular formula is C24H30F3N5O2. The number of nitrogens with zero attached hydrogens (tertiary/aromatic N) is 2. The molecule has 0 amide bonds. The second kappa shape index (κ2) is 9.79. The smallest absolute Gasteiger partial charge is 0.379 e. The van der Waals surface area contributed by atoms with Crippen LogP contribution in [-0.4, -0.2) is 40.7 Å². The summed E-state index contributed by atoms with van der Waals surface area (Å²) >= 11 is 0. The fourth-order valence-corrected chi connectivity index (χ4v) is 4.25. The van der Waals surface area contributed by atoms with Gasteiger partial charge in [-0.1, -0.05) is 32.9 Å². The van der Waals surface area contributed by atoms with Crippen molar-refractivity contribution in [3.63, 3.8) is 0 Å². The number of hydrogen-bond donors (Lipinski definition) is 3. The monoisotopic (exact) mass is 477 g/mol.